The average molecular weight is 656 g/mol. The Morgan fingerprint density at radius 2 is 0.872 bits per heavy atom. The lowest BCUT2D eigenvalue weighted by atomic mass is 9.97. The maximum absolute atomic E-state index is 11.7. The summed E-state index contributed by atoms with van der Waals surface area (Å²) in [5, 5.41) is 11.7. The van der Waals surface area contributed by atoms with E-state index in [0.29, 0.717) is 0 Å². The number of allylic oxidation sites excluding steroid dienone is 8. The Labute approximate surface area is 294 Å². The van der Waals surface area contributed by atoms with Gasteiger partial charge in [0.2, 0.25) is 0 Å². The van der Waals surface area contributed by atoms with Crippen LogP contribution in [0.2, 0.25) is 0 Å². The van der Waals surface area contributed by atoms with Gasteiger partial charge < -0.3 is 14.7 Å². The van der Waals surface area contributed by atoms with Gasteiger partial charge in [0.25, 0.3) is 0 Å². The van der Waals surface area contributed by atoms with Crippen LogP contribution in [0.1, 0.15) is 201 Å². The van der Waals surface area contributed by atoms with Gasteiger partial charge in [-0.2, -0.15) is 0 Å². The van der Waals surface area contributed by atoms with Crippen molar-refractivity contribution in [1.82, 2.24) is 4.90 Å². The number of ether oxygens (including phenoxy) is 1. The van der Waals surface area contributed by atoms with Crippen LogP contribution in [0.15, 0.2) is 48.6 Å². The van der Waals surface area contributed by atoms with Crippen molar-refractivity contribution in [2.24, 2.45) is 0 Å². The summed E-state index contributed by atoms with van der Waals surface area (Å²) in [7, 11) is 0. The number of likely N-dealkylation sites (tertiary alicyclic amines) is 1. The molecule has 0 radical (unpaired) electrons. The molecule has 0 unspecified atom stereocenters. The molecule has 1 aliphatic rings. The zero-order valence-corrected chi connectivity index (χ0v) is 31.9. The molecule has 0 aromatic heterocycles. The molecule has 274 valence electrons. The van der Waals surface area contributed by atoms with Crippen molar-refractivity contribution in [1.29, 1.82) is 0 Å². The molecule has 1 fully saturated rings. The van der Waals surface area contributed by atoms with E-state index in [-0.39, 0.29) is 6.10 Å². The molecule has 3 nitrogen and oxygen atoms in total. The van der Waals surface area contributed by atoms with Crippen LogP contribution in [-0.4, -0.2) is 41.5 Å². The fraction of sp³-hybridized carbons (Fsp3) is 0.818. The normalized spacial score (nSPS) is 15.5. The van der Waals surface area contributed by atoms with E-state index in [1.807, 2.05) is 0 Å². The first kappa shape index (κ1) is 43.9. The smallest absolute Gasteiger partial charge is 0.165 e. The number of hydrogen-bond acceptors (Lipinski definition) is 3. The third kappa shape index (κ3) is 28.4. The van der Waals surface area contributed by atoms with E-state index in [1.54, 1.807) is 0 Å². The first-order valence-corrected chi connectivity index (χ1v) is 20.9. The molecule has 0 bridgehead atoms. The Hall–Kier alpha value is -1.16. The number of rotatable bonds is 33. The van der Waals surface area contributed by atoms with Gasteiger partial charge in [0.15, 0.2) is 5.79 Å². The number of hydrogen-bond donors (Lipinski definition) is 1. The maximum atomic E-state index is 11.7. The Bertz CT molecular complexity index is 713. The zero-order valence-electron chi connectivity index (χ0n) is 31.9. The molecule has 0 saturated carbocycles. The summed E-state index contributed by atoms with van der Waals surface area (Å²) >= 11 is 0. The third-order valence-corrected chi connectivity index (χ3v) is 9.90. The molecule has 0 atom stereocenters. The highest BCUT2D eigenvalue weighted by molar-refractivity contribution is 4.93. The number of unbranched alkanes of at least 4 members (excludes halogenated alkanes) is 18. The summed E-state index contributed by atoms with van der Waals surface area (Å²) < 4.78 is 6.52. The lowest BCUT2D eigenvalue weighted by Gasteiger charge is -2.37. The minimum atomic E-state index is -0.927. The highest BCUT2D eigenvalue weighted by Crippen LogP contribution is 2.29. The van der Waals surface area contributed by atoms with Crippen LogP contribution in [0.5, 0.6) is 0 Å². The molecular formula is C44H81NO2. The molecule has 3 heteroatoms. The fourth-order valence-corrected chi connectivity index (χ4v) is 6.68. The van der Waals surface area contributed by atoms with Gasteiger partial charge in [0.05, 0.1) is 6.10 Å². The van der Waals surface area contributed by atoms with Gasteiger partial charge in [0, 0.05) is 25.9 Å². The molecule has 1 aliphatic heterocycles. The van der Waals surface area contributed by atoms with E-state index in [2.05, 4.69) is 74.3 Å². The average Bonchev–Trinajstić information content (AvgIpc) is 3.08. The largest absolute Gasteiger partial charge is 0.365 e. The topological polar surface area (TPSA) is 32.7 Å². The Kier molecular flexibility index (Phi) is 31.1. The minimum absolute atomic E-state index is 0.219. The van der Waals surface area contributed by atoms with Crippen LogP contribution in [0.4, 0.5) is 0 Å². The van der Waals surface area contributed by atoms with Crippen molar-refractivity contribution >= 4 is 0 Å². The summed E-state index contributed by atoms with van der Waals surface area (Å²) in [6.07, 6.45) is 52.7. The van der Waals surface area contributed by atoms with E-state index in [1.165, 1.54) is 128 Å². The van der Waals surface area contributed by atoms with Gasteiger partial charge in [-0.15, -0.1) is 0 Å². The molecule has 0 spiro atoms. The molecule has 1 rings (SSSR count). The van der Waals surface area contributed by atoms with Gasteiger partial charge >= 0.3 is 0 Å². The zero-order chi connectivity index (χ0) is 33.9. The summed E-state index contributed by atoms with van der Waals surface area (Å²) in [6.45, 7) is 10.1. The summed E-state index contributed by atoms with van der Waals surface area (Å²) in [4.78, 5) is 2.50. The van der Waals surface area contributed by atoms with Crippen molar-refractivity contribution in [2.75, 3.05) is 19.6 Å². The molecule has 0 aromatic carbocycles. The molecular weight excluding hydrogens is 574 g/mol. The second-order valence-corrected chi connectivity index (χ2v) is 14.4. The maximum Gasteiger partial charge on any atom is 0.165 e. The molecule has 0 aliphatic carbocycles. The van der Waals surface area contributed by atoms with E-state index in [9.17, 15) is 5.11 Å². The van der Waals surface area contributed by atoms with Crippen LogP contribution in [-0.2, 0) is 4.74 Å². The Morgan fingerprint density at radius 1 is 0.511 bits per heavy atom. The van der Waals surface area contributed by atoms with Gasteiger partial charge in [-0.1, -0.05) is 146 Å². The van der Waals surface area contributed by atoms with Crippen LogP contribution in [0.25, 0.3) is 0 Å². The second-order valence-electron chi connectivity index (χ2n) is 14.4. The summed E-state index contributed by atoms with van der Waals surface area (Å²) in [5.74, 6) is -0.927. The first-order chi connectivity index (χ1) is 23.1. The highest BCUT2D eigenvalue weighted by atomic mass is 16.6. The van der Waals surface area contributed by atoms with Crippen molar-refractivity contribution in [3.05, 3.63) is 48.6 Å². The van der Waals surface area contributed by atoms with Crippen molar-refractivity contribution in [3.8, 4) is 0 Å². The van der Waals surface area contributed by atoms with Crippen LogP contribution >= 0.6 is 0 Å². The second kappa shape index (κ2) is 33.3. The van der Waals surface area contributed by atoms with Gasteiger partial charge in [-0.3, -0.25) is 0 Å². The quantitative estimate of drug-likeness (QED) is 0.0434. The van der Waals surface area contributed by atoms with Gasteiger partial charge in [-0.25, -0.2) is 0 Å². The van der Waals surface area contributed by atoms with Crippen LogP contribution in [0, 0.1) is 0 Å². The van der Waals surface area contributed by atoms with Gasteiger partial charge in [0.1, 0.15) is 0 Å². The molecule has 0 aromatic rings. The van der Waals surface area contributed by atoms with Gasteiger partial charge in [-0.05, 0) is 96.4 Å². The van der Waals surface area contributed by atoms with E-state index >= 15 is 0 Å². The van der Waals surface area contributed by atoms with Crippen molar-refractivity contribution in [2.45, 2.75) is 212 Å². The highest BCUT2D eigenvalue weighted by Gasteiger charge is 2.32. The Morgan fingerprint density at radius 3 is 1.26 bits per heavy atom. The monoisotopic (exact) mass is 656 g/mol. The fourth-order valence-electron chi connectivity index (χ4n) is 6.68. The lowest BCUT2D eigenvalue weighted by molar-refractivity contribution is -0.245. The van der Waals surface area contributed by atoms with Crippen LogP contribution < -0.4 is 0 Å². The number of piperidine rings is 1. The van der Waals surface area contributed by atoms with E-state index in [0.717, 1.165) is 71.0 Å². The summed E-state index contributed by atoms with van der Waals surface area (Å²) in [6, 6.07) is 0. The van der Waals surface area contributed by atoms with Crippen LogP contribution in [0.3, 0.4) is 0 Å². The van der Waals surface area contributed by atoms with Crippen molar-refractivity contribution < 1.29 is 9.84 Å². The predicted octanol–water partition coefficient (Wildman–Crippen LogP) is 13.6. The standard InChI is InChI=1S/C44H81NO2/c1-4-7-9-11-13-15-17-19-21-23-25-27-29-31-33-35-39-44(46,47-43-37-41-45(6-3)42-38-43)40-36-34-32-30-28-26-24-22-20-18-16-14-12-10-8-5-2/h13-16,19-22,43,46H,4-12,17-18,23-42H2,1-3H3/b15-13-,16-14-,21-19-,22-20-. The lowest BCUT2D eigenvalue weighted by Crippen LogP contribution is -2.43. The number of nitrogens with zero attached hydrogens (tertiary/aromatic N) is 1. The minimum Gasteiger partial charge on any atom is -0.365 e. The van der Waals surface area contributed by atoms with E-state index in [4.69, 9.17) is 4.74 Å². The molecule has 0 amide bonds. The van der Waals surface area contributed by atoms with Crippen molar-refractivity contribution in [3.63, 3.8) is 0 Å². The molecule has 1 heterocycles. The molecule has 47 heavy (non-hydrogen) atoms. The Balaban J connectivity index is 2.19. The predicted molar refractivity (Wildman–Crippen MR) is 209 cm³/mol. The first-order valence-electron chi connectivity index (χ1n) is 20.9. The molecule has 1 N–H and O–H groups in total. The SMILES string of the molecule is CCCCC/C=C\C/C=C\CCCCCCCCC(O)(CCCCCCCC/C=C\C/C=C\CCCCC)OC1CCN(CC)CC1. The van der Waals surface area contributed by atoms with E-state index < -0.39 is 5.79 Å². The summed E-state index contributed by atoms with van der Waals surface area (Å²) in [5.41, 5.74) is 0. The third-order valence-electron chi connectivity index (χ3n) is 9.90. The number of aliphatic hydroxyl groups is 1. The molecule has 1 saturated heterocycles.